The lowest BCUT2D eigenvalue weighted by Crippen LogP contribution is -2.58. The number of nitrogens with zero attached hydrogens (tertiary/aromatic N) is 1. The molecular weight excluding hydrogens is 290 g/mol. The molecule has 1 saturated heterocycles. The Morgan fingerprint density at radius 1 is 1.26 bits per heavy atom. The topological polar surface area (TPSA) is 67.6 Å². The number of nitrogens with two attached hydrogens (primary N) is 1. The quantitative estimate of drug-likeness (QED) is 0.817. The van der Waals surface area contributed by atoms with Crippen LogP contribution < -0.4 is 11.1 Å². The van der Waals surface area contributed by atoms with E-state index < -0.39 is 0 Å². The van der Waals surface area contributed by atoms with E-state index >= 15 is 0 Å². The lowest BCUT2D eigenvalue weighted by molar-refractivity contribution is -0.0227. The molecule has 2 rings (SSSR count). The van der Waals surface area contributed by atoms with Crippen LogP contribution in [0.2, 0.25) is 0 Å². The minimum atomic E-state index is -0.000217. The summed E-state index contributed by atoms with van der Waals surface area (Å²) < 4.78 is 6.18. The fraction of sp³-hybridized carbons (Fsp3) is 0.944. The van der Waals surface area contributed by atoms with Gasteiger partial charge in [0.2, 0.25) is 0 Å². The predicted molar refractivity (Wildman–Crippen MR) is 93.3 cm³/mol. The Balaban J connectivity index is 1.83. The van der Waals surface area contributed by atoms with Crippen molar-refractivity contribution in [3.05, 3.63) is 0 Å². The molecule has 3 N–H and O–H groups in total. The highest BCUT2D eigenvalue weighted by molar-refractivity contribution is 5.74. The van der Waals surface area contributed by atoms with E-state index in [-0.39, 0.29) is 18.1 Å². The highest BCUT2D eigenvalue weighted by Gasteiger charge is 2.33. The molecule has 5 heteroatoms. The van der Waals surface area contributed by atoms with Crippen LogP contribution >= 0.6 is 0 Å². The lowest BCUT2D eigenvalue weighted by atomic mass is 9.80. The van der Waals surface area contributed by atoms with Gasteiger partial charge in [0.05, 0.1) is 18.8 Å². The van der Waals surface area contributed by atoms with Gasteiger partial charge in [-0.15, -0.1) is 0 Å². The molecule has 0 aromatic rings. The standard InChI is InChI=1S/C18H35N3O2/c1-4-20-18(22)21-11-5-6-16(19)17(21)12-23-15-9-7-14(8-10-15)13(2)3/h13-17H,4-12,19H2,1-3H3,(H,20,22)/t14-,15+,16?,17?. The van der Waals surface area contributed by atoms with Crippen molar-refractivity contribution in [3.63, 3.8) is 0 Å². The smallest absolute Gasteiger partial charge is 0.317 e. The molecule has 23 heavy (non-hydrogen) atoms. The number of piperidine rings is 1. The fourth-order valence-corrected chi connectivity index (χ4v) is 3.96. The van der Waals surface area contributed by atoms with Gasteiger partial charge in [-0.3, -0.25) is 0 Å². The summed E-state index contributed by atoms with van der Waals surface area (Å²) in [7, 11) is 0. The van der Waals surface area contributed by atoms with Crippen molar-refractivity contribution in [2.24, 2.45) is 17.6 Å². The molecular formula is C18H35N3O2. The van der Waals surface area contributed by atoms with Gasteiger partial charge in [0, 0.05) is 19.1 Å². The van der Waals surface area contributed by atoms with Gasteiger partial charge in [0.25, 0.3) is 0 Å². The van der Waals surface area contributed by atoms with Crippen molar-refractivity contribution in [2.75, 3.05) is 19.7 Å². The van der Waals surface area contributed by atoms with Crippen LogP contribution in [0, 0.1) is 11.8 Å². The van der Waals surface area contributed by atoms with Gasteiger partial charge in [-0.25, -0.2) is 4.79 Å². The monoisotopic (exact) mass is 325 g/mol. The van der Waals surface area contributed by atoms with Crippen molar-refractivity contribution in [2.45, 2.75) is 77.5 Å². The number of ether oxygens (including phenoxy) is 1. The van der Waals surface area contributed by atoms with E-state index in [1.165, 1.54) is 12.8 Å². The molecule has 1 saturated carbocycles. The van der Waals surface area contributed by atoms with Crippen molar-refractivity contribution in [3.8, 4) is 0 Å². The van der Waals surface area contributed by atoms with E-state index in [1.807, 2.05) is 11.8 Å². The molecule has 0 spiro atoms. The molecule has 2 fully saturated rings. The number of carbonyl (C=O) groups is 1. The molecule has 1 aliphatic carbocycles. The van der Waals surface area contributed by atoms with Gasteiger partial charge in [-0.05, 0) is 57.3 Å². The van der Waals surface area contributed by atoms with Crippen LogP contribution in [0.1, 0.15) is 59.3 Å². The lowest BCUT2D eigenvalue weighted by Gasteiger charge is -2.40. The molecule has 2 aliphatic rings. The second kappa shape index (κ2) is 8.88. The molecule has 0 aromatic heterocycles. The Kier molecular flexibility index (Phi) is 7.15. The zero-order chi connectivity index (χ0) is 16.8. The van der Waals surface area contributed by atoms with Crippen LogP contribution in [0.5, 0.6) is 0 Å². The first-order valence-electron chi connectivity index (χ1n) is 9.44. The summed E-state index contributed by atoms with van der Waals surface area (Å²) in [5.74, 6) is 1.62. The Bertz CT molecular complexity index is 367. The van der Waals surface area contributed by atoms with Gasteiger partial charge < -0.3 is 20.7 Å². The van der Waals surface area contributed by atoms with Gasteiger partial charge in [-0.2, -0.15) is 0 Å². The molecule has 2 amide bonds. The normalized spacial score (nSPS) is 32.1. The van der Waals surface area contributed by atoms with Crippen LogP contribution in [0.25, 0.3) is 0 Å². The van der Waals surface area contributed by atoms with Crippen LogP contribution in [0.15, 0.2) is 0 Å². The molecule has 1 heterocycles. The Morgan fingerprint density at radius 3 is 2.57 bits per heavy atom. The van der Waals surface area contributed by atoms with Crippen molar-refractivity contribution < 1.29 is 9.53 Å². The molecule has 0 radical (unpaired) electrons. The zero-order valence-corrected chi connectivity index (χ0v) is 15.1. The van der Waals surface area contributed by atoms with Gasteiger partial charge in [-0.1, -0.05) is 13.8 Å². The number of carbonyl (C=O) groups excluding carboxylic acids is 1. The van der Waals surface area contributed by atoms with E-state index in [4.69, 9.17) is 10.5 Å². The average molecular weight is 325 g/mol. The summed E-state index contributed by atoms with van der Waals surface area (Å²) in [6, 6.07) is 0.0382. The molecule has 1 aliphatic heterocycles. The highest BCUT2D eigenvalue weighted by atomic mass is 16.5. The minimum absolute atomic E-state index is 0.000217. The summed E-state index contributed by atoms with van der Waals surface area (Å²) >= 11 is 0. The van der Waals surface area contributed by atoms with Gasteiger partial charge in [0.15, 0.2) is 0 Å². The van der Waals surface area contributed by atoms with E-state index in [2.05, 4.69) is 19.2 Å². The third-order valence-corrected chi connectivity index (χ3v) is 5.58. The second-order valence-electron chi connectivity index (χ2n) is 7.52. The molecule has 2 atom stereocenters. The Hall–Kier alpha value is -0.810. The third kappa shape index (κ3) is 5.08. The summed E-state index contributed by atoms with van der Waals surface area (Å²) in [4.78, 5) is 14.1. The Morgan fingerprint density at radius 2 is 1.96 bits per heavy atom. The molecule has 0 aromatic carbocycles. The SMILES string of the molecule is CCNC(=O)N1CCCC(N)C1CO[C@H]1CC[C@@H](C(C)C)CC1. The van der Waals surface area contributed by atoms with E-state index in [1.54, 1.807) is 0 Å². The maximum absolute atomic E-state index is 12.2. The number of rotatable bonds is 5. The van der Waals surface area contributed by atoms with E-state index in [0.717, 1.165) is 44.1 Å². The predicted octanol–water partition coefficient (Wildman–Crippen LogP) is 2.74. The minimum Gasteiger partial charge on any atom is -0.376 e. The average Bonchev–Trinajstić information content (AvgIpc) is 2.54. The summed E-state index contributed by atoms with van der Waals surface area (Å²) in [6.07, 6.45) is 7.12. The Labute approximate surface area is 141 Å². The first-order chi connectivity index (χ1) is 11.0. The molecule has 134 valence electrons. The van der Waals surface area contributed by atoms with Crippen LogP contribution in [-0.2, 0) is 4.74 Å². The largest absolute Gasteiger partial charge is 0.376 e. The summed E-state index contributed by atoms with van der Waals surface area (Å²) in [6.45, 7) is 8.59. The van der Waals surface area contributed by atoms with Crippen LogP contribution in [0.4, 0.5) is 4.79 Å². The number of nitrogens with one attached hydrogen (secondary N) is 1. The number of likely N-dealkylation sites (tertiary alicyclic amines) is 1. The number of urea groups is 1. The van der Waals surface area contributed by atoms with E-state index in [9.17, 15) is 4.79 Å². The fourth-order valence-electron chi connectivity index (χ4n) is 3.96. The second-order valence-corrected chi connectivity index (χ2v) is 7.52. The van der Waals surface area contributed by atoms with Crippen molar-refractivity contribution >= 4 is 6.03 Å². The van der Waals surface area contributed by atoms with Gasteiger partial charge in [0.1, 0.15) is 0 Å². The maximum atomic E-state index is 12.2. The number of hydrogen-bond donors (Lipinski definition) is 2. The summed E-state index contributed by atoms with van der Waals surface area (Å²) in [5, 5.41) is 2.90. The highest BCUT2D eigenvalue weighted by Crippen LogP contribution is 2.31. The number of amides is 2. The molecule has 0 bridgehead atoms. The van der Waals surface area contributed by atoms with Gasteiger partial charge >= 0.3 is 6.03 Å². The van der Waals surface area contributed by atoms with E-state index in [0.29, 0.717) is 19.3 Å². The van der Waals surface area contributed by atoms with Crippen LogP contribution in [-0.4, -0.2) is 48.8 Å². The first kappa shape index (κ1) is 18.5. The molecule has 5 nitrogen and oxygen atoms in total. The summed E-state index contributed by atoms with van der Waals surface area (Å²) in [5.41, 5.74) is 6.28. The zero-order valence-electron chi connectivity index (χ0n) is 15.1. The maximum Gasteiger partial charge on any atom is 0.317 e. The van der Waals surface area contributed by atoms with Crippen LogP contribution in [0.3, 0.4) is 0 Å². The van der Waals surface area contributed by atoms with Crippen molar-refractivity contribution in [1.29, 1.82) is 0 Å². The third-order valence-electron chi connectivity index (χ3n) is 5.58. The number of hydrogen-bond acceptors (Lipinski definition) is 3. The first-order valence-corrected chi connectivity index (χ1v) is 9.44. The molecule has 2 unspecified atom stereocenters. The van der Waals surface area contributed by atoms with Crippen molar-refractivity contribution in [1.82, 2.24) is 10.2 Å².